The molecule has 4 heteroatoms. The highest BCUT2D eigenvalue weighted by Crippen LogP contribution is 2.22. The van der Waals surface area contributed by atoms with Crippen molar-refractivity contribution in [1.82, 2.24) is 4.90 Å². The van der Waals surface area contributed by atoms with E-state index in [0.717, 1.165) is 38.0 Å². The molecule has 0 fully saturated rings. The van der Waals surface area contributed by atoms with Crippen molar-refractivity contribution in [3.05, 3.63) is 35.4 Å². The maximum absolute atomic E-state index is 12.1. The molecule has 3 nitrogen and oxygen atoms in total. The number of benzene rings is 1. The van der Waals surface area contributed by atoms with Crippen molar-refractivity contribution in [2.75, 3.05) is 12.4 Å². The molecule has 1 aromatic rings. The molecule has 108 valence electrons. The average Bonchev–Trinajstić information content (AvgIpc) is 2.71. The van der Waals surface area contributed by atoms with Crippen molar-refractivity contribution in [3.8, 4) is 0 Å². The molecule has 0 saturated heterocycles. The van der Waals surface area contributed by atoms with Gasteiger partial charge in [-0.3, -0.25) is 14.5 Å². The van der Waals surface area contributed by atoms with E-state index < -0.39 is 0 Å². The van der Waals surface area contributed by atoms with Gasteiger partial charge in [0, 0.05) is 12.4 Å². The van der Waals surface area contributed by atoms with E-state index in [1.54, 1.807) is 24.3 Å². The molecule has 1 aliphatic heterocycles. The third-order valence-electron chi connectivity index (χ3n) is 3.64. The number of amides is 2. The monoisotopic (exact) mass is 293 g/mol. The Bertz CT molecular complexity index is 452. The van der Waals surface area contributed by atoms with E-state index in [4.69, 9.17) is 11.6 Å². The summed E-state index contributed by atoms with van der Waals surface area (Å²) < 4.78 is 0. The molecule has 20 heavy (non-hydrogen) atoms. The Morgan fingerprint density at radius 2 is 1.30 bits per heavy atom. The second-order valence-electron chi connectivity index (χ2n) is 5.12. The van der Waals surface area contributed by atoms with E-state index in [1.165, 1.54) is 11.3 Å². The zero-order valence-electron chi connectivity index (χ0n) is 11.6. The van der Waals surface area contributed by atoms with Crippen LogP contribution in [0.25, 0.3) is 0 Å². The minimum Gasteiger partial charge on any atom is -0.274 e. The summed E-state index contributed by atoms with van der Waals surface area (Å²) in [7, 11) is 0. The highest BCUT2D eigenvalue weighted by Gasteiger charge is 2.34. The largest absolute Gasteiger partial charge is 0.274 e. The highest BCUT2D eigenvalue weighted by atomic mass is 35.5. The maximum atomic E-state index is 12.1. The van der Waals surface area contributed by atoms with Gasteiger partial charge >= 0.3 is 0 Å². The quantitative estimate of drug-likeness (QED) is 0.414. The van der Waals surface area contributed by atoms with Crippen LogP contribution in [-0.4, -0.2) is 29.1 Å². The van der Waals surface area contributed by atoms with E-state index in [2.05, 4.69) is 0 Å². The first-order valence-electron chi connectivity index (χ1n) is 7.27. The molecule has 0 unspecified atom stereocenters. The van der Waals surface area contributed by atoms with Crippen molar-refractivity contribution in [2.24, 2.45) is 0 Å². The van der Waals surface area contributed by atoms with Gasteiger partial charge in [-0.2, -0.15) is 0 Å². The molecule has 0 saturated carbocycles. The summed E-state index contributed by atoms with van der Waals surface area (Å²) >= 11 is 5.62. The summed E-state index contributed by atoms with van der Waals surface area (Å²) in [5.74, 6) is 0.440. The lowest BCUT2D eigenvalue weighted by molar-refractivity contribution is 0.0651. The third-order valence-corrected chi connectivity index (χ3v) is 3.91. The number of nitrogens with zero attached hydrogens (tertiary/aromatic N) is 1. The average molecular weight is 294 g/mol. The number of imide groups is 1. The summed E-state index contributed by atoms with van der Waals surface area (Å²) in [6, 6.07) is 7.04. The Morgan fingerprint density at radius 1 is 0.800 bits per heavy atom. The summed E-state index contributed by atoms with van der Waals surface area (Å²) in [5.41, 5.74) is 1.08. The molecule has 0 N–H and O–H groups in total. The van der Waals surface area contributed by atoms with Gasteiger partial charge in [-0.25, -0.2) is 0 Å². The lowest BCUT2D eigenvalue weighted by Crippen LogP contribution is -2.30. The van der Waals surface area contributed by atoms with Crippen LogP contribution >= 0.6 is 11.6 Å². The number of hydrogen-bond donors (Lipinski definition) is 0. The van der Waals surface area contributed by atoms with Crippen molar-refractivity contribution in [3.63, 3.8) is 0 Å². The highest BCUT2D eigenvalue weighted by molar-refractivity contribution is 6.21. The molecule has 1 heterocycles. The SMILES string of the molecule is O=C1c2ccccc2C(=O)N1CCCCCCCCCl. The molecule has 0 atom stereocenters. The summed E-state index contributed by atoms with van der Waals surface area (Å²) in [6.45, 7) is 0.530. The van der Waals surface area contributed by atoms with Crippen molar-refractivity contribution < 1.29 is 9.59 Å². The van der Waals surface area contributed by atoms with Gasteiger partial charge < -0.3 is 0 Å². The molecule has 0 bridgehead atoms. The number of unbranched alkanes of at least 4 members (excludes halogenated alkanes) is 5. The van der Waals surface area contributed by atoms with Gasteiger partial charge in [-0.05, 0) is 25.0 Å². The van der Waals surface area contributed by atoms with Crippen molar-refractivity contribution >= 4 is 23.4 Å². The molecule has 1 aliphatic rings. The van der Waals surface area contributed by atoms with E-state index in [0.29, 0.717) is 17.7 Å². The van der Waals surface area contributed by atoms with Crippen LogP contribution in [0, 0.1) is 0 Å². The van der Waals surface area contributed by atoms with Gasteiger partial charge in [-0.15, -0.1) is 11.6 Å². The second kappa shape index (κ2) is 7.44. The van der Waals surface area contributed by atoms with Gasteiger partial charge in [0.25, 0.3) is 11.8 Å². The van der Waals surface area contributed by atoms with Crippen LogP contribution in [0.5, 0.6) is 0 Å². The summed E-state index contributed by atoms with van der Waals surface area (Å²) in [4.78, 5) is 25.6. The molecule has 0 aliphatic carbocycles. The van der Waals surface area contributed by atoms with Crippen LogP contribution in [-0.2, 0) is 0 Å². The van der Waals surface area contributed by atoms with Gasteiger partial charge in [0.05, 0.1) is 11.1 Å². The van der Waals surface area contributed by atoms with Crippen LogP contribution in [0.15, 0.2) is 24.3 Å². The number of alkyl halides is 1. The molecule has 0 spiro atoms. The van der Waals surface area contributed by atoms with Crippen LogP contribution < -0.4 is 0 Å². The van der Waals surface area contributed by atoms with E-state index in [-0.39, 0.29) is 11.8 Å². The van der Waals surface area contributed by atoms with Gasteiger partial charge in [-0.1, -0.05) is 37.8 Å². The molecular weight excluding hydrogens is 274 g/mol. The second-order valence-corrected chi connectivity index (χ2v) is 5.50. The van der Waals surface area contributed by atoms with Gasteiger partial charge in [0.1, 0.15) is 0 Å². The van der Waals surface area contributed by atoms with Crippen LogP contribution in [0.1, 0.15) is 59.2 Å². The van der Waals surface area contributed by atoms with Gasteiger partial charge in [0.15, 0.2) is 0 Å². The third kappa shape index (κ3) is 3.40. The Morgan fingerprint density at radius 3 is 1.85 bits per heavy atom. The Kier molecular flexibility index (Phi) is 5.60. The Hall–Kier alpha value is -1.35. The normalized spacial score (nSPS) is 13.9. The molecule has 0 aromatic heterocycles. The lowest BCUT2D eigenvalue weighted by Gasteiger charge is -2.13. The number of fused-ring (bicyclic) bond motifs is 1. The molecule has 1 aromatic carbocycles. The van der Waals surface area contributed by atoms with E-state index >= 15 is 0 Å². The first kappa shape index (κ1) is 15.0. The topological polar surface area (TPSA) is 37.4 Å². The smallest absolute Gasteiger partial charge is 0.261 e. The lowest BCUT2D eigenvalue weighted by atomic mass is 10.1. The number of carbonyl (C=O) groups excluding carboxylic acids is 2. The first-order chi connectivity index (χ1) is 9.75. The first-order valence-corrected chi connectivity index (χ1v) is 7.80. The minimum atomic E-state index is -0.146. The van der Waals surface area contributed by atoms with Crippen LogP contribution in [0.4, 0.5) is 0 Å². The molecule has 2 rings (SSSR count). The number of hydrogen-bond acceptors (Lipinski definition) is 2. The van der Waals surface area contributed by atoms with E-state index in [9.17, 15) is 9.59 Å². The number of halogens is 1. The van der Waals surface area contributed by atoms with Crippen LogP contribution in [0.3, 0.4) is 0 Å². The molecular formula is C16H20ClNO2. The minimum absolute atomic E-state index is 0.146. The zero-order valence-corrected chi connectivity index (χ0v) is 12.4. The zero-order chi connectivity index (χ0) is 14.4. The predicted molar refractivity (Wildman–Crippen MR) is 80.2 cm³/mol. The fraction of sp³-hybridized carbons (Fsp3) is 0.500. The van der Waals surface area contributed by atoms with Crippen molar-refractivity contribution in [1.29, 1.82) is 0 Å². The maximum Gasteiger partial charge on any atom is 0.261 e. The standard InChI is InChI=1S/C16H20ClNO2/c17-11-7-3-1-2-4-8-12-18-15(19)13-9-5-6-10-14(13)16(18)20/h5-6,9-10H,1-4,7-8,11-12H2. The Labute approximate surface area is 124 Å². The summed E-state index contributed by atoms with van der Waals surface area (Å²) in [6.07, 6.45) is 6.48. The predicted octanol–water partition coefficient (Wildman–Crippen LogP) is 3.86. The number of carbonyl (C=O) groups is 2. The fourth-order valence-corrected chi connectivity index (χ4v) is 2.70. The summed E-state index contributed by atoms with van der Waals surface area (Å²) in [5, 5.41) is 0. The van der Waals surface area contributed by atoms with E-state index in [1.807, 2.05) is 0 Å². The van der Waals surface area contributed by atoms with Crippen LogP contribution in [0.2, 0.25) is 0 Å². The fourth-order valence-electron chi connectivity index (χ4n) is 2.51. The Balaban J connectivity index is 1.75. The molecule has 0 radical (unpaired) electrons. The number of rotatable bonds is 8. The molecule has 2 amide bonds. The van der Waals surface area contributed by atoms with Crippen molar-refractivity contribution in [2.45, 2.75) is 38.5 Å². The van der Waals surface area contributed by atoms with Gasteiger partial charge in [0.2, 0.25) is 0 Å².